The average molecular weight is 461 g/mol. The van der Waals surface area contributed by atoms with Crippen LogP contribution in [0.5, 0.6) is 0 Å². The van der Waals surface area contributed by atoms with Crippen LogP contribution in [0.1, 0.15) is 21.8 Å². The van der Waals surface area contributed by atoms with Crippen LogP contribution in [-0.4, -0.2) is 30.8 Å². The Morgan fingerprint density at radius 3 is 2.43 bits per heavy atom. The fourth-order valence-corrected chi connectivity index (χ4v) is 3.67. The molecule has 0 fully saturated rings. The van der Waals surface area contributed by atoms with Gasteiger partial charge in [0.2, 0.25) is 5.82 Å². The molecule has 7 nitrogen and oxygen atoms in total. The third kappa shape index (κ3) is 4.97. The normalized spacial score (nSPS) is 12.0. The molecule has 0 bridgehead atoms. The quantitative estimate of drug-likeness (QED) is 0.527. The number of alkyl halides is 3. The van der Waals surface area contributed by atoms with Crippen molar-refractivity contribution in [2.75, 3.05) is 6.26 Å². The zero-order chi connectivity index (χ0) is 22.1. The predicted octanol–water partition coefficient (Wildman–Crippen LogP) is 4.17. The highest BCUT2D eigenvalue weighted by atomic mass is 35.5. The molecule has 2 aromatic carbocycles. The second-order valence-electron chi connectivity index (χ2n) is 6.08. The number of hydrogen-bond acceptors (Lipinski definition) is 7. The Hall–Kier alpha value is -2.92. The number of carbonyl (C=O) groups is 1. The van der Waals surface area contributed by atoms with Gasteiger partial charge in [-0.15, -0.1) is 0 Å². The minimum atomic E-state index is -4.46. The Morgan fingerprint density at radius 1 is 1.17 bits per heavy atom. The van der Waals surface area contributed by atoms with Crippen molar-refractivity contribution in [3.8, 4) is 11.4 Å². The predicted molar refractivity (Wildman–Crippen MR) is 98.4 cm³/mol. The summed E-state index contributed by atoms with van der Waals surface area (Å²) in [5.74, 6) is -0.943. The SMILES string of the molecule is CS(=O)(=O)c1cc(C(=O)OCc2nc(-c3ccc(C(F)(F)F)cc3)no2)ccc1Cl. The zero-order valence-electron chi connectivity index (χ0n) is 15.1. The molecule has 30 heavy (non-hydrogen) atoms. The highest BCUT2D eigenvalue weighted by Gasteiger charge is 2.30. The van der Waals surface area contributed by atoms with E-state index in [9.17, 15) is 26.4 Å². The smallest absolute Gasteiger partial charge is 0.416 e. The van der Waals surface area contributed by atoms with Crippen LogP contribution in [0.3, 0.4) is 0 Å². The number of halogens is 4. The van der Waals surface area contributed by atoms with Gasteiger partial charge in [-0.1, -0.05) is 28.9 Å². The van der Waals surface area contributed by atoms with Crippen molar-refractivity contribution in [2.24, 2.45) is 0 Å². The molecule has 0 aliphatic heterocycles. The van der Waals surface area contributed by atoms with Gasteiger partial charge in [0.1, 0.15) is 0 Å². The van der Waals surface area contributed by atoms with E-state index in [1.807, 2.05) is 0 Å². The van der Waals surface area contributed by atoms with Crippen molar-refractivity contribution in [1.82, 2.24) is 10.1 Å². The monoisotopic (exact) mass is 460 g/mol. The van der Waals surface area contributed by atoms with Gasteiger partial charge in [0.05, 0.1) is 21.0 Å². The molecule has 0 saturated heterocycles. The Labute approximate surface area is 173 Å². The number of hydrogen-bond donors (Lipinski definition) is 0. The van der Waals surface area contributed by atoms with Gasteiger partial charge < -0.3 is 9.26 Å². The van der Waals surface area contributed by atoms with E-state index in [0.29, 0.717) is 0 Å². The van der Waals surface area contributed by atoms with Gasteiger partial charge in [-0.2, -0.15) is 18.2 Å². The van der Waals surface area contributed by atoms with E-state index in [4.69, 9.17) is 20.9 Å². The van der Waals surface area contributed by atoms with Crippen molar-refractivity contribution in [2.45, 2.75) is 17.7 Å². The lowest BCUT2D eigenvalue weighted by molar-refractivity contribution is -0.137. The average Bonchev–Trinajstić information content (AvgIpc) is 3.14. The number of esters is 1. The minimum Gasteiger partial charge on any atom is -0.452 e. The summed E-state index contributed by atoms with van der Waals surface area (Å²) >= 11 is 5.83. The van der Waals surface area contributed by atoms with E-state index < -0.39 is 34.2 Å². The molecule has 0 aliphatic rings. The summed E-state index contributed by atoms with van der Waals surface area (Å²) in [6.07, 6.45) is -3.52. The van der Waals surface area contributed by atoms with Crippen LogP contribution < -0.4 is 0 Å². The van der Waals surface area contributed by atoms with E-state index in [2.05, 4.69) is 10.1 Å². The van der Waals surface area contributed by atoms with E-state index >= 15 is 0 Å². The molecule has 1 heterocycles. The fraction of sp³-hybridized carbons (Fsp3) is 0.167. The van der Waals surface area contributed by atoms with Crippen molar-refractivity contribution in [1.29, 1.82) is 0 Å². The minimum absolute atomic E-state index is 0.0145. The maximum Gasteiger partial charge on any atom is 0.416 e. The van der Waals surface area contributed by atoms with Gasteiger partial charge in [-0.25, -0.2) is 13.2 Å². The third-order valence-corrected chi connectivity index (χ3v) is 5.41. The number of sulfone groups is 1. The molecular weight excluding hydrogens is 449 g/mol. The highest BCUT2D eigenvalue weighted by Crippen LogP contribution is 2.30. The first-order valence-electron chi connectivity index (χ1n) is 8.12. The maximum atomic E-state index is 12.6. The second kappa shape index (κ2) is 8.07. The molecule has 0 aliphatic carbocycles. The highest BCUT2D eigenvalue weighted by molar-refractivity contribution is 7.90. The molecule has 1 aromatic heterocycles. The summed E-state index contributed by atoms with van der Waals surface area (Å²) in [6.45, 7) is -0.427. The molecule has 3 rings (SSSR count). The molecule has 0 N–H and O–H groups in total. The summed E-state index contributed by atoms with van der Waals surface area (Å²) in [5, 5.41) is 3.60. The summed E-state index contributed by atoms with van der Waals surface area (Å²) in [7, 11) is -3.65. The van der Waals surface area contributed by atoms with Gasteiger partial charge in [0.25, 0.3) is 5.89 Å². The summed E-state index contributed by atoms with van der Waals surface area (Å²) in [4.78, 5) is 15.9. The van der Waals surface area contributed by atoms with Crippen molar-refractivity contribution in [3.05, 3.63) is 64.5 Å². The molecule has 0 atom stereocenters. The van der Waals surface area contributed by atoms with Gasteiger partial charge in [0, 0.05) is 11.8 Å². The van der Waals surface area contributed by atoms with Gasteiger partial charge >= 0.3 is 12.1 Å². The molecule has 0 amide bonds. The van der Waals surface area contributed by atoms with Gasteiger partial charge in [-0.3, -0.25) is 0 Å². The van der Waals surface area contributed by atoms with E-state index in [1.54, 1.807) is 0 Å². The Balaban J connectivity index is 1.69. The first-order valence-corrected chi connectivity index (χ1v) is 10.4. The molecule has 158 valence electrons. The van der Waals surface area contributed by atoms with Crippen molar-refractivity contribution in [3.63, 3.8) is 0 Å². The third-order valence-electron chi connectivity index (χ3n) is 3.83. The number of rotatable bonds is 5. The first-order chi connectivity index (χ1) is 13.9. The largest absolute Gasteiger partial charge is 0.452 e. The number of benzene rings is 2. The zero-order valence-corrected chi connectivity index (χ0v) is 16.7. The molecule has 0 unspecified atom stereocenters. The first kappa shape index (κ1) is 21.8. The fourth-order valence-electron chi connectivity index (χ4n) is 2.36. The van der Waals surface area contributed by atoms with Crippen LogP contribution in [0.25, 0.3) is 11.4 Å². The second-order valence-corrected chi connectivity index (χ2v) is 8.47. The lowest BCUT2D eigenvalue weighted by atomic mass is 10.1. The Morgan fingerprint density at radius 2 is 1.83 bits per heavy atom. The molecule has 0 radical (unpaired) electrons. The van der Waals surface area contributed by atoms with Gasteiger partial charge in [0.15, 0.2) is 16.4 Å². The number of carbonyl (C=O) groups excluding carboxylic acids is 1. The summed E-state index contributed by atoms with van der Waals surface area (Å²) in [5.41, 5.74) is -0.595. The van der Waals surface area contributed by atoms with E-state index in [1.165, 1.54) is 24.3 Å². The Kier molecular flexibility index (Phi) is 5.86. The number of ether oxygens (including phenoxy) is 1. The summed E-state index contributed by atoms with van der Waals surface area (Å²) < 4.78 is 71.2. The molecule has 3 aromatic rings. The van der Waals surface area contributed by atoms with Crippen LogP contribution in [0, 0.1) is 0 Å². The maximum absolute atomic E-state index is 12.6. The Bertz CT molecular complexity index is 1190. The summed E-state index contributed by atoms with van der Waals surface area (Å²) in [6, 6.07) is 7.76. The van der Waals surface area contributed by atoms with Crippen LogP contribution in [0.4, 0.5) is 13.2 Å². The molecule has 0 spiro atoms. The van der Waals surface area contributed by atoms with E-state index in [-0.39, 0.29) is 32.8 Å². The standard InChI is InChI=1S/C18H12ClF3N2O5S/c1-30(26,27)14-8-11(4-7-13(14)19)17(25)28-9-15-23-16(24-29-15)10-2-5-12(6-3-10)18(20,21)22/h2-8H,9H2,1H3. The van der Waals surface area contributed by atoms with E-state index in [0.717, 1.165) is 24.5 Å². The lowest BCUT2D eigenvalue weighted by Crippen LogP contribution is -2.07. The van der Waals surface area contributed by atoms with Crippen molar-refractivity contribution < 1.29 is 35.6 Å². The topological polar surface area (TPSA) is 99.4 Å². The lowest BCUT2D eigenvalue weighted by Gasteiger charge is -2.06. The molecule has 0 saturated carbocycles. The van der Waals surface area contributed by atoms with Crippen LogP contribution in [0.15, 0.2) is 51.9 Å². The molecule has 12 heteroatoms. The van der Waals surface area contributed by atoms with Crippen LogP contribution in [0.2, 0.25) is 5.02 Å². The van der Waals surface area contributed by atoms with Gasteiger partial charge in [-0.05, 0) is 30.3 Å². The van der Waals surface area contributed by atoms with Crippen LogP contribution >= 0.6 is 11.6 Å². The number of nitrogens with zero attached hydrogens (tertiary/aromatic N) is 2. The number of aromatic nitrogens is 2. The van der Waals surface area contributed by atoms with Crippen molar-refractivity contribution >= 4 is 27.4 Å². The van der Waals surface area contributed by atoms with Crippen LogP contribution in [-0.2, 0) is 27.4 Å². The molecular formula is C18H12ClF3N2O5S.